The molecule has 0 amide bonds. The third-order valence-corrected chi connectivity index (χ3v) is 5.53. The van der Waals surface area contributed by atoms with Crippen molar-refractivity contribution in [3.05, 3.63) is 47.8 Å². The van der Waals surface area contributed by atoms with Gasteiger partial charge in [0.15, 0.2) is 11.5 Å². The van der Waals surface area contributed by atoms with Crippen molar-refractivity contribution in [3.8, 4) is 17.2 Å². The molecule has 0 bridgehead atoms. The van der Waals surface area contributed by atoms with Crippen LogP contribution in [0.25, 0.3) is 16.6 Å². The highest BCUT2D eigenvalue weighted by Gasteiger charge is 2.27. The predicted molar refractivity (Wildman–Crippen MR) is 127 cm³/mol. The molecule has 0 atom stereocenters. The highest BCUT2D eigenvalue weighted by atomic mass is 16.5. The van der Waals surface area contributed by atoms with E-state index in [1.807, 2.05) is 36.4 Å². The summed E-state index contributed by atoms with van der Waals surface area (Å²) < 4.78 is 23.5. The van der Waals surface area contributed by atoms with E-state index >= 15 is 0 Å². The first kappa shape index (κ1) is 22.6. The highest BCUT2D eigenvalue weighted by molar-refractivity contribution is 5.96. The largest absolute Gasteiger partial charge is 0.497 e. The third-order valence-electron chi connectivity index (χ3n) is 5.53. The number of benzene rings is 2. The molecular formula is C24H29N5O4. The second-order valence-corrected chi connectivity index (χ2v) is 8.31. The fourth-order valence-electron chi connectivity index (χ4n) is 3.77. The summed E-state index contributed by atoms with van der Waals surface area (Å²) in [4.78, 5) is 9.72. The average Bonchev–Trinajstić information content (AvgIpc) is 3.29. The van der Waals surface area contributed by atoms with Gasteiger partial charge < -0.3 is 24.3 Å². The standard InChI is InChI=1S/C24H29N5O4/c1-24(2,14-30-3)22-27-21-17-8-7-9-18(32-5)20(17)26-23(29(21)28-22)25-13-15-10-11-16(31-4)12-19(15)33-6/h7-12H,13-14H2,1-6H3,(H,25,26). The molecule has 4 aromatic rings. The Morgan fingerprint density at radius 1 is 0.939 bits per heavy atom. The Morgan fingerprint density at radius 2 is 1.73 bits per heavy atom. The number of anilines is 1. The summed E-state index contributed by atoms with van der Waals surface area (Å²) in [7, 11) is 6.57. The number of hydrogen-bond acceptors (Lipinski definition) is 8. The second-order valence-electron chi connectivity index (χ2n) is 8.31. The Hall–Kier alpha value is -3.59. The fraction of sp³-hybridized carbons (Fsp3) is 0.375. The SMILES string of the molecule is COCC(C)(C)c1nc2c3cccc(OC)c3nc(NCc3ccc(OC)cc3OC)n2n1. The number of para-hydroxylation sites is 1. The van der Waals surface area contributed by atoms with Gasteiger partial charge in [0.25, 0.3) is 0 Å². The predicted octanol–water partition coefficient (Wildman–Crippen LogP) is 3.84. The van der Waals surface area contributed by atoms with E-state index in [-0.39, 0.29) is 5.41 Å². The van der Waals surface area contributed by atoms with Gasteiger partial charge in [-0.05, 0) is 24.3 Å². The van der Waals surface area contributed by atoms with Crippen molar-refractivity contribution in [3.63, 3.8) is 0 Å². The molecular weight excluding hydrogens is 422 g/mol. The van der Waals surface area contributed by atoms with Gasteiger partial charge in [0.05, 0.1) is 27.9 Å². The first-order valence-electron chi connectivity index (χ1n) is 10.6. The van der Waals surface area contributed by atoms with Crippen LogP contribution in [0.15, 0.2) is 36.4 Å². The van der Waals surface area contributed by atoms with E-state index < -0.39 is 0 Å². The Kier molecular flexibility index (Phi) is 6.24. The minimum Gasteiger partial charge on any atom is -0.497 e. The molecule has 0 unspecified atom stereocenters. The molecule has 0 aliphatic rings. The lowest BCUT2D eigenvalue weighted by molar-refractivity contribution is 0.142. The maximum absolute atomic E-state index is 5.57. The van der Waals surface area contributed by atoms with Gasteiger partial charge in [-0.15, -0.1) is 5.10 Å². The molecule has 0 saturated heterocycles. The lowest BCUT2D eigenvalue weighted by Gasteiger charge is -2.18. The van der Waals surface area contributed by atoms with Gasteiger partial charge in [-0.2, -0.15) is 4.52 Å². The van der Waals surface area contributed by atoms with Crippen molar-refractivity contribution in [2.24, 2.45) is 0 Å². The highest BCUT2D eigenvalue weighted by Crippen LogP contribution is 2.31. The molecule has 1 N–H and O–H groups in total. The number of hydrogen-bond donors (Lipinski definition) is 1. The number of aromatic nitrogens is 4. The third kappa shape index (κ3) is 4.23. The Balaban J connectivity index is 1.83. The maximum Gasteiger partial charge on any atom is 0.226 e. The van der Waals surface area contributed by atoms with E-state index in [1.54, 1.807) is 33.0 Å². The number of nitrogens with one attached hydrogen (secondary N) is 1. The van der Waals surface area contributed by atoms with Gasteiger partial charge in [-0.25, -0.2) is 9.97 Å². The first-order valence-corrected chi connectivity index (χ1v) is 10.6. The van der Waals surface area contributed by atoms with Crippen LogP contribution in [0.3, 0.4) is 0 Å². The van der Waals surface area contributed by atoms with Gasteiger partial charge in [0, 0.05) is 36.1 Å². The molecule has 9 nitrogen and oxygen atoms in total. The van der Waals surface area contributed by atoms with E-state index in [1.165, 1.54) is 0 Å². The summed E-state index contributed by atoms with van der Waals surface area (Å²) in [5.41, 5.74) is 1.98. The quantitative estimate of drug-likeness (QED) is 0.410. The van der Waals surface area contributed by atoms with Gasteiger partial charge in [0.1, 0.15) is 22.8 Å². The minimum atomic E-state index is -0.373. The van der Waals surface area contributed by atoms with Crippen LogP contribution in [0.5, 0.6) is 17.2 Å². The molecule has 0 radical (unpaired) electrons. The number of fused-ring (bicyclic) bond motifs is 3. The summed E-state index contributed by atoms with van der Waals surface area (Å²) >= 11 is 0. The molecule has 9 heteroatoms. The van der Waals surface area contributed by atoms with Crippen LogP contribution in [-0.2, 0) is 16.7 Å². The van der Waals surface area contributed by atoms with Crippen LogP contribution in [0.1, 0.15) is 25.2 Å². The molecule has 0 fully saturated rings. The molecule has 2 heterocycles. The van der Waals surface area contributed by atoms with Crippen molar-refractivity contribution < 1.29 is 18.9 Å². The van der Waals surface area contributed by atoms with Gasteiger partial charge in [-0.1, -0.05) is 19.9 Å². The van der Waals surface area contributed by atoms with Gasteiger partial charge in [0.2, 0.25) is 5.95 Å². The van der Waals surface area contributed by atoms with E-state index in [0.29, 0.717) is 41.8 Å². The summed E-state index contributed by atoms with van der Waals surface area (Å²) in [6.07, 6.45) is 0. The van der Waals surface area contributed by atoms with Crippen LogP contribution in [0.4, 0.5) is 5.95 Å². The molecule has 4 rings (SSSR count). The Bertz CT molecular complexity index is 1290. The van der Waals surface area contributed by atoms with E-state index in [9.17, 15) is 0 Å². The van der Waals surface area contributed by atoms with Gasteiger partial charge in [-0.3, -0.25) is 0 Å². The zero-order valence-electron chi connectivity index (χ0n) is 19.8. The fourth-order valence-corrected chi connectivity index (χ4v) is 3.77. The first-order chi connectivity index (χ1) is 15.9. The molecule has 0 aliphatic heterocycles. The summed E-state index contributed by atoms with van der Waals surface area (Å²) in [6, 6.07) is 11.5. The topological polar surface area (TPSA) is 92.0 Å². The number of ether oxygens (including phenoxy) is 4. The number of methoxy groups -OCH3 is 4. The number of rotatable bonds is 9. The van der Waals surface area contributed by atoms with E-state index in [0.717, 1.165) is 22.4 Å². The smallest absolute Gasteiger partial charge is 0.226 e. The summed E-state index contributed by atoms with van der Waals surface area (Å²) in [6.45, 7) is 5.06. The van der Waals surface area contributed by atoms with Crippen molar-refractivity contribution in [1.82, 2.24) is 19.6 Å². The second kappa shape index (κ2) is 9.11. The molecule has 0 saturated carbocycles. The Morgan fingerprint density at radius 3 is 2.42 bits per heavy atom. The maximum atomic E-state index is 5.57. The van der Waals surface area contributed by atoms with Crippen LogP contribution < -0.4 is 19.5 Å². The zero-order valence-corrected chi connectivity index (χ0v) is 19.8. The molecule has 0 spiro atoms. The zero-order chi connectivity index (χ0) is 23.6. The lowest BCUT2D eigenvalue weighted by atomic mass is 9.94. The van der Waals surface area contributed by atoms with Crippen molar-refractivity contribution in [1.29, 1.82) is 0 Å². The Labute approximate surface area is 192 Å². The van der Waals surface area contributed by atoms with Crippen LogP contribution in [0.2, 0.25) is 0 Å². The normalized spacial score (nSPS) is 11.7. The molecule has 2 aromatic heterocycles. The van der Waals surface area contributed by atoms with Crippen molar-refractivity contribution >= 4 is 22.5 Å². The van der Waals surface area contributed by atoms with Gasteiger partial charge >= 0.3 is 0 Å². The van der Waals surface area contributed by atoms with E-state index in [4.69, 9.17) is 34.0 Å². The van der Waals surface area contributed by atoms with Crippen molar-refractivity contribution in [2.45, 2.75) is 25.8 Å². The number of nitrogens with zero attached hydrogens (tertiary/aromatic N) is 4. The summed E-state index contributed by atoms with van der Waals surface area (Å²) in [5, 5.41) is 9.05. The van der Waals surface area contributed by atoms with Crippen LogP contribution in [0, 0.1) is 0 Å². The lowest BCUT2D eigenvalue weighted by Crippen LogP contribution is -2.25. The molecule has 0 aliphatic carbocycles. The minimum absolute atomic E-state index is 0.373. The molecule has 174 valence electrons. The van der Waals surface area contributed by atoms with Crippen LogP contribution in [-0.4, -0.2) is 54.6 Å². The summed E-state index contributed by atoms with van der Waals surface area (Å²) in [5.74, 6) is 3.34. The average molecular weight is 452 g/mol. The van der Waals surface area contributed by atoms with Crippen LogP contribution >= 0.6 is 0 Å². The monoisotopic (exact) mass is 451 g/mol. The van der Waals surface area contributed by atoms with Crippen molar-refractivity contribution in [2.75, 3.05) is 40.4 Å². The van der Waals surface area contributed by atoms with E-state index in [2.05, 4.69) is 19.2 Å². The molecule has 2 aromatic carbocycles. The molecule has 33 heavy (non-hydrogen) atoms.